The Hall–Kier alpha value is -1.69. The van der Waals surface area contributed by atoms with E-state index in [9.17, 15) is 0 Å². The molecule has 0 atom stereocenters. The van der Waals surface area contributed by atoms with Gasteiger partial charge in [-0.2, -0.15) is 5.10 Å². The lowest BCUT2D eigenvalue weighted by atomic mass is 10.2. The molecule has 0 aromatic carbocycles. The highest BCUT2D eigenvalue weighted by atomic mass is 15.4. The molecule has 86 valence electrons. The Bertz CT molecular complexity index is 405. The smallest absolute Gasteiger partial charge is 0.0827 e. The lowest BCUT2D eigenvalue weighted by Crippen LogP contribution is -2.08. The molecular weight excluding hydrogens is 204 g/mol. The number of rotatable bonds is 6. The minimum Gasteiger partial charge on any atom is -0.330 e. The van der Waals surface area contributed by atoms with Crippen LogP contribution in [-0.2, 0) is 19.5 Å². The number of nitrogens with zero attached hydrogens (tertiary/aromatic N) is 5. The van der Waals surface area contributed by atoms with Gasteiger partial charge in [0.25, 0.3) is 0 Å². The molecule has 0 amide bonds. The highest BCUT2D eigenvalue weighted by Crippen LogP contribution is 1.97. The van der Waals surface area contributed by atoms with Crippen molar-refractivity contribution in [3.05, 3.63) is 30.4 Å². The summed E-state index contributed by atoms with van der Waals surface area (Å²) in [4.78, 5) is 0. The van der Waals surface area contributed by atoms with Gasteiger partial charge in [0.2, 0.25) is 0 Å². The second kappa shape index (κ2) is 5.41. The highest BCUT2D eigenvalue weighted by Gasteiger charge is 2.00. The molecule has 0 saturated carbocycles. The largest absolute Gasteiger partial charge is 0.330 e. The van der Waals surface area contributed by atoms with Crippen LogP contribution >= 0.6 is 0 Å². The predicted molar refractivity (Wildman–Crippen MR) is 59.6 cm³/mol. The number of nitrogens with two attached hydrogens (primary N) is 1. The monoisotopic (exact) mass is 220 g/mol. The Labute approximate surface area is 94.1 Å². The molecule has 16 heavy (non-hydrogen) atoms. The van der Waals surface area contributed by atoms with Gasteiger partial charge in [-0.05, 0) is 25.5 Å². The van der Waals surface area contributed by atoms with Crippen molar-refractivity contribution in [2.45, 2.75) is 25.9 Å². The van der Waals surface area contributed by atoms with E-state index in [2.05, 4.69) is 15.4 Å². The van der Waals surface area contributed by atoms with Gasteiger partial charge in [0, 0.05) is 18.6 Å². The topological polar surface area (TPSA) is 74.5 Å². The summed E-state index contributed by atoms with van der Waals surface area (Å²) < 4.78 is 3.72. The molecule has 6 nitrogen and oxygen atoms in total. The van der Waals surface area contributed by atoms with Crippen molar-refractivity contribution in [1.29, 1.82) is 0 Å². The molecule has 0 saturated heterocycles. The van der Waals surface area contributed by atoms with Gasteiger partial charge < -0.3 is 5.73 Å². The maximum Gasteiger partial charge on any atom is 0.0827 e. The van der Waals surface area contributed by atoms with Crippen molar-refractivity contribution in [3.8, 4) is 0 Å². The van der Waals surface area contributed by atoms with Gasteiger partial charge in [-0.1, -0.05) is 5.21 Å². The summed E-state index contributed by atoms with van der Waals surface area (Å²) in [6, 6.07) is 1.91. The Kier molecular flexibility index (Phi) is 3.66. The van der Waals surface area contributed by atoms with Crippen LogP contribution in [0.5, 0.6) is 0 Å². The van der Waals surface area contributed by atoms with Crippen molar-refractivity contribution in [1.82, 2.24) is 24.8 Å². The first kappa shape index (κ1) is 10.8. The molecule has 2 aromatic rings. The normalized spacial score (nSPS) is 10.8. The molecule has 0 radical (unpaired) electrons. The number of hydrogen-bond acceptors (Lipinski definition) is 4. The van der Waals surface area contributed by atoms with E-state index >= 15 is 0 Å². The molecule has 2 rings (SSSR count). The fourth-order valence-electron chi connectivity index (χ4n) is 1.48. The van der Waals surface area contributed by atoms with Gasteiger partial charge >= 0.3 is 0 Å². The van der Waals surface area contributed by atoms with E-state index in [1.807, 2.05) is 27.8 Å². The van der Waals surface area contributed by atoms with Crippen molar-refractivity contribution in [2.24, 2.45) is 5.73 Å². The zero-order chi connectivity index (χ0) is 11.2. The first-order chi connectivity index (χ1) is 7.88. The first-order valence-electron chi connectivity index (χ1n) is 5.45. The summed E-state index contributed by atoms with van der Waals surface area (Å²) in [5.74, 6) is 0. The molecule has 2 N–H and O–H groups in total. The molecule has 2 heterocycles. The lowest BCUT2D eigenvalue weighted by Gasteiger charge is -2.00. The van der Waals surface area contributed by atoms with Crippen molar-refractivity contribution >= 4 is 0 Å². The molecule has 0 aliphatic carbocycles. The fraction of sp³-hybridized carbons (Fsp3) is 0.500. The molecule has 0 aliphatic rings. The number of hydrogen-bond donors (Lipinski definition) is 1. The summed E-state index contributed by atoms with van der Waals surface area (Å²) in [6.45, 7) is 2.30. The summed E-state index contributed by atoms with van der Waals surface area (Å²) in [5, 5.41) is 12.3. The number of aromatic nitrogens is 5. The Morgan fingerprint density at radius 3 is 2.88 bits per heavy atom. The van der Waals surface area contributed by atoms with Gasteiger partial charge in [0.15, 0.2) is 0 Å². The van der Waals surface area contributed by atoms with Crippen molar-refractivity contribution in [3.63, 3.8) is 0 Å². The van der Waals surface area contributed by atoms with Crippen LogP contribution in [0.3, 0.4) is 0 Å². The van der Waals surface area contributed by atoms with Crippen LogP contribution in [0.25, 0.3) is 0 Å². The average Bonchev–Trinajstić information content (AvgIpc) is 2.95. The zero-order valence-corrected chi connectivity index (χ0v) is 9.16. The van der Waals surface area contributed by atoms with Gasteiger partial charge in [0.1, 0.15) is 0 Å². The van der Waals surface area contributed by atoms with Crippen LogP contribution in [0, 0.1) is 0 Å². The third-order valence-electron chi connectivity index (χ3n) is 2.34. The maximum atomic E-state index is 5.44. The molecule has 6 heteroatoms. The molecule has 0 aliphatic heterocycles. The van der Waals surface area contributed by atoms with Crippen molar-refractivity contribution in [2.75, 3.05) is 6.54 Å². The molecule has 0 bridgehead atoms. The quantitative estimate of drug-likeness (QED) is 0.747. The van der Waals surface area contributed by atoms with E-state index in [1.165, 1.54) is 0 Å². The molecular formula is C10H16N6. The van der Waals surface area contributed by atoms with E-state index in [1.54, 1.807) is 6.20 Å². The van der Waals surface area contributed by atoms with E-state index in [-0.39, 0.29) is 0 Å². The molecule has 0 unspecified atom stereocenters. The van der Waals surface area contributed by atoms with E-state index < -0.39 is 0 Å². The molecule has 0 fully saturated rings. The highest BCUT2D eigenvalue weighted by molar-refractivity contribution is 4.92. The van der Waals surface area contributed by atoms with Gasteiger partial charge in [-0.3, -0.25) is 9.36 Å². The predicted octanol–water partition coefficient (Wildman–Crippen LogP) is 0.0661. The molecule has 2 aromatic heterocycles. The van der Waals surface area contributed by atoms with E-state index in [0.29, 0.717) is 6.54 Å². The summed E-state index contributed by atoms with van der Waals surface area (Å²) in [5.41, 5.74) is 6.44. The van der Waals surface area contributed by atoms with E-state index in [4.69, 9.17) is 5.73 Å². The fourth-order valence-corrected chi connectivity index (χ4v) is 1.48. The van der Waals surface area contributed by atoms with Gasteiger partial charge in [0.05, 0.1) is 18.8 Å². The Morgan fingerprint density at radius 1 is 1.25 bits per heavy atom. The standard InChI is InChI=1S/C10H16N6/c11-4-1-3-10-9-16(14-13-10)8-7-15-6-2-5-12-15/h2,5-6,9H,1,3-4,7-8,11H2. The molecule has 0 spiro atoms. The second-order valence-electron chi connectivity index (χ2n) is 3.63. The van der Waals surface area contributed by atoms with Gasteiger partial charge in [-0.15, -0.1) is 5.10 Å². The minimum absolute atomic E-state index is 0.695. The van der Waals surface area contributed by atoms with Crippen LogP contribution < -0.4 is 5.73 Å². The Morgan fingerprint density at radius 2 is 2.12 bits per heavy atom. The SMILES string of the molecule is NCCCc1cn(CCn2cccn2)nn1. The summed E-state index contributed by atoms with van der Waals surface area (Å²) in [6.07, 6.45) is 7.54. The Balaban J connectivity index is 1.83. The number of aryl methyl sites for hydroxylation is 3. The zero-order valence-electron chi connectivity index (χ0n) is 9.16. The summed E-state index contributed by atoms with van der Waals surface area (Å²) >= 11 is 0. The third kappa shape index (κ3) is 2.90. The van der Waals surface area contributed by atoms with Crippen LogP contribution in [-0.4, -0.2) is 31.3 Å². The van der Waals surface area contributed by atoms with Crippen molar-refractivity contribution < 1.29 is 0 Å². The van der Waals surface area contributed by atoms with Crippen LogP contribution in [0.1, 0.15) is 12.1 Å². The summed E-state index contributed by atoms with van der Waals surface area (Å²) in [7, 11) is 0. The lowest BCUT2D eigenvalue weighted by molar-refractivity contribution is 0.490. The van der Waals surface area contributed by atoms with Crippen LogP contribution in [0.4, 0.5) is 0 Å². The van der Waals surface area contributed by atoms with Crippen LogP contribution in [0.15, 0.2) is 24.7 Å². The van der Waals surface area contributed by atoms with Crippen LogP contribution in [0.2, 0.25) is 0 Å². The van der Waals surface area contributed by atoms with Gasteiger partial charge in [-0.25, -0.2) is 0 Å². The maximum absolute atomic E-state index is 5.44. The third-order valence-corrected chi connectivity index (χ3v) is 2.34. The minimum atomic E-state index is 0.695. The van der Waals surface area contributed by atoms with E-state index in [0.717, 1.165) is 31.6 Å². The second-order valence-corrected chi connectivity index (χ2v) is 3.63. The average molecular weight is 220 g/mol. The first-order valence-corrected chi connectivity index (χ1v) is 5.45.